The van der Waals surface area contributed by atoms with Gasteiger partial charge in [-0.05, 0) is 30.7 Å². The molecule has 0 bridgehead atoms. The lowest BCUT2D eigenvalue weighted by molar-refractivity contribution is -0.00000415. The number of aromatic hydroxyl groups is 1. The Morgan fingerprint density at radius 2 is 1.94 bits per heavy atom. The van der Waals surface area contributed by atoms with Crippen LogP contribution in [0.3, 0.4) is 0 Å². The van der Waals surface area contributed by atoms with Gasteiger partial charge in [0, 0.05) is 24.7 Å². The molecule has 84 valence electrons. The van der Waals surface area contributed by atoms with E-state index in [1.54, 1.807) is 12.1 Å². The minimum atomic E-state index is 0. The fraction of sp³-hybridized carbons (Fsp3) is 0.250. The van der Waals surface area contributed by atoms with Crippen molar-refractivity contribution < 1.29 is 22.1 Å². The van der Waals surface area contributed by atoms with Crippen molar-refractivity contribution in [2.75, 3.05) is 0 Å². The fourth-order valence-corrected chi connectivity index (χ4v) is 2.03. The van der Waals surface area contributed by atoms with Crippen molar-refractivity contribution in [1.29, 1.82) is 0 Å². The molecule has 2 heterocycles. The molecule has 2 aromatic rings. The van der Waals surface area contributed by atoms with E-state index in [0.29, 0.717) is 5.75 Å². The lowest BCUT2D eigenvalue weighted by Crippen LogP contribution is -3.00. The first-order valence-electron chi connectivity index (χ1n) is 5.18. The molecule has 0 fully saturated rings. The third-order valence-electron chi connectivity index (χ3n) is 2.82. The van der Waals surface area contributed by atoms with Crippen LogP contribution in [0.2, 0.25) is 0 Å². The highest BCUT2D eigenvalue weighted by atomic mass is 79.9. The van der Waals surface area contributed by atoms with Gasteiger partial charge in [-0.3, -0.25) is 0 Å². The van der Waals surface area contributed by atoms with E-state index < -0.39 is 0 Å². The van der Waals surface area contributed by atoms with Crippen LogP contribution in [0, 0.1) is 0 Å². The summed E-state index contributed by atoms with van der Waals surface area (Å²) in [6.07, 6.45) is 4.38. The molecular formula is C12H12BrN2O-. The molecule has 0 spiro atoms. The van der Waals surface area contributed by atoms with Gasteiger partial charge < -0.3 is 26.7 Å². The molecule has 0 atom stereocenters. The third kappa shape index (κ3) is 1.85. The molecule has 1 aromatic carbocycles. The number of fused-ring (bicyclic) bond motifs is 1. The van der Waals surface area contributed by atoms with Crippen LogP contribution < -0.4 is 17.0 Å². The van der Waals surface area contributed by atoms with Crippen LogP contribution in [-0.4, -0.2) is 14.7 Å². The first-order valence-corrected chi connectivity index (χ1v) is 5.18. The van der Waals surface area contributed by atoms with Gasteiger partial charge in [-0.2, -0.15) is 0 Å². The Kier molecular flexibility index (Phi) is 3.01. The van der Waals surface area contributed by atoms with Gasteiger partial charge >= 0.3 is 0 Å². The van der Waals surface area contributed by atoms with E-state index in [1.807, 2.05) is 12.1 Å². The summed E-state index contributed by atoms with van der Waals surface area (Å²) in [5.74, 6) is 1.48. The van der Waals surface area contributed by atoms with E-state index in [9.17, 15) is 5.11 Å². The maximum atomic E-state index is 9.20. The van der Waals surface area contributed by atoms with Crippen LogP contribution in [0.1, 0.15) is 12.2 Å². The van der Waals surface area contributed by atoms with Crippen molar-refractivity contribution >= 4 is 0 Å². The van der Waals surface area contributed by atoms with E-state index in [0.717, 1.165) is 24.2 Å². The fourth-order valence-electron chi connectivity index (χ4n) is 2.03. The molecule has 0 unspecified atom stereocenters. The highest BCUT2D eigenvalue weighted by Gasteiger charge is 2.14. The van der Waals surface area contributed by atoms with Crippen molar-refractivity contribution in [3.63, 3.8) is 0 Å². The van der Waals surface area contributed by atoms with Gasteiger partial charge in [0.2, 0.25) is 0 Å². The summed E-state index contributed by atoms with van der Waals surface area (Å²) in [7, 11) is 0. The first-order chi connectivity index (χ1) is 7.33. The number of imidazole rings is 1. The summed E-state index contributed by atoms with van der Waals surface area (Å²) in [6, 6.07) is 7.18. The summed E-state index contributed by atoms with van der Waals surface area (Å²) in [5, 5.41) is 9.20. The van der Waals surface area contributed by atoms with Gasteiger partial charge in [0.15, 0.2) is 0 Å². The first kappa shape index (κ1) is 11.2. The molecule has 0 aliphatic carbocycles. The van der Waals surface area contributed by atoms with Gasteiger partial charge in [-0.1, -0.05) is 0 Å². The number of hydrogen-bond donors (Lipinski definition) is 1. The molecule has 4 heteroatoms. The summed E-state index contributed by atoms with van der Waals surface area (Å²) in [6.45, 7) is 1.08. The number of halogens is 1. The number of phenolic OH excluding ortho intramolecular Hbond substituents is 1. The molecule has 1 aliphatic heterocycles. The number of rotatable bonds is 1. The average Bonchev–Trinajstić information content (AvgIpc) is 2.78. The highest BCUT2D eigenvalue weighted by molar-refractivity contribution is 5.59. The Hall–Kier alpha value is -1.29. The maximum Gasteiger partial charge on any atom is 0.115 e. The zero-order chi connectivity index (χ0) is 10.3. The van der Waals surface area contributed by atoms with E-state index in [1.165, 1.54) is 12.2 Å². The third-order valence-corrected chi connectivity index (χ3v) is 2.82. The van der Waals surface area contributed by atoms with Crippen molar-refractivity contribution in [3.05, 3.63) is 36.3 Å². The summed E-state index contributed by atoms with van der Waals surface area (Å²) >= 11 is 0. The molecule has 1 aliphatic rings. The Morgan fingerprint density at radius 1 is 1.19 bits per heavy atom. The maximum absolute atomic E-state index is 9.20. The lowest BCUT2D eigenvalue weighted by Gasteiger charge is -1.96. The Balaban J connectivity index is 0.000000963. The van der Waals surface area contributed by atoms with E-state index in [4.69, 9.17) is 0 Å². The quantitative estimate of drug-likeness (QED) is 0.743. The molecule has 0 saturated carbocycles. The van der Waals surface area contributed by atoms with Gasteiger partial charge in [0.25, 0.3) is 0 Å². The molecule has 3 rings (SSSR count). The predicted molar refractivity (Wildman–Crippen MR) is 57.6 cm³/mol. The second-order valence-electron chi connectivity index (χ2n) is 3.89. The van der Waals surface area contributed by atoms with Gasteiger partial charge in [0.1, 0.15) is 11.6 Å². The molecular weight excluding hydrogens is 268 g/mol. The topological polar surface area (TPSA) is 38.0 Å². The zero-order valence-electron chi connectivity index (χ0n) is 8.73. The smallest absolute Gasteiger partial charge is 0.115 e. The van der Waals surface area contributed by atoms with E-state index in [2.05, 4.69) is 15.7 Å². The minimum Gasteiger partial charge on any atom is -1.00 e. The Labute approximate surface area is 105 Å². The van der Waals surface area contributed by atoms with Gasteiger partial charge in [0.05, 0.1) is 5.69 Å². The monoisotopic (exact) mass is 279 g/mol. The largest absolute Gasteiger partial charge is 1.00 e. The van der Waals surface area contributed by atoms with Crippen molar-refractivity contribution in [3.8, 4) is 17.0 Å². The highest BCUT2D eigenvalue weighted by Crippen LogP contribution is 2.24. The molecule has 0 radical (unpaired) electrons. The molecule has 0 amide bonds. The number of phenols is 1. The van der Waals surface area contributed by atoms with Crippen LogP contribution in [0.25, 0.3) is 11.3 Å². The zero-order valence-corrected chi connectivity index (χ0v) is 10.3. The SMILES string of the molecule is Oc1ccc(-c2cn3c(n2)CCC3)cc1.[Br-]. The number of benzene rings is 1. The predicted octanol–water partition coefficient (Wildman–Crippen LogP) is -0.794. The number of aryl methyl sites for hydroxylation is 2. The normalized spacial score (nSPS) is 13.2. The van der Waals surface area contributed by atoms with Crippen LogP contribution in [0.5, 0.6) is 5.75 Å². The Bertz CT molecular complexity index is 469. The van der Waals surface area contributed by atoms with Crippen molar-refractivity contribution in [2.45, 2.75) is 19.4 Å². The molecule has 16 heavy (non-hydrogen) atoms. The molecule has 1 N–H and O–H groups in total. The number of hydrogen-bond acceptors (Lipinski definition) is 2. The second kappa shape index (κ2) is 4.29. The Morgan fingerprint density at radius 3 is 2.62 bits per heavy atom. The van der Waals surface area contributed by atoms with Crippen molar-refractivity contribution in [1.82, 2.24) is 9.55 Å². The van der Waals surface area contributed by atoms with Crippen LogP contribution >= 0.6 is 0 Å². The molecule has 3 nitrogen and oxygen atoms in total. The number of nitrogens with zero attached hydrogens (tertiary/aromatic N) is 2. The summed E-state index contributed by atoms with van der Waals surface area (Å²) in [4.78, 5) is 4.57. The lowest BCUT2D eigenvalue weighted by atomic mass is 10.1. The second-order valence-corrected chi connectivity index (χ2v) is 3.89. The van der Waals surface area contributed by atoms with Crippen LogP contribution in [-0.2, 0) is 13.0 Å². The van der Waals surface area contributed by atoms with E-state index >= 15 is 0 Å². The number of aromatic nitrogens is 2. The van der Waals surface area contributed by atoms with Crippen molar-refractivity contribution in [2.24, 2.45) is 0 Å². The molecule has 1 aromatic heterocycles. The summed E-state index contributed by atoms with van der Waals surface area (Å²) < 4.78 is 2.21. The average molecular weight is 280 g/mol. The van der Waals surface area contributed by atoms with Gasteiger partial charge in [-0.15, -0.1) is 0 Å². The molecule has 0 saturated heterocycles. The standard InChI is InChI=1S/C12H12N2O.BrH/c15-10-5-3-9(4-6-10)11-8-14-7-1-2-12(14)13-11;/h3-6,8,15H,1-2,7H2;1H/p-1. The van der Waals surface area contributed by atoms with Crippen LogP contribution in [0.15, 0.2) is 30.5 Å². The van der Waals surface area contributed by atoms with Crippen LogP contribution in [0.4, 0.5) is 0 Å². The van der Waals surface area contributed by atoms with E-state index in [-0.39, 0.29) is 17.0 Å². The summed E-state index contributed by atoms with van der Waals surface area (Å²) in [5.41, 5.74) is 2.07. The minimum absolute atomic E-state index is 0. The van der Waals surface area contributed by atoms with Gasteiger partial charge in [-0.25, -0.2) is 4.98 Å².